The van der Waals surface area contributed by atoms with Gasteiger partial charge in [0.1, 0.15) is 5.82 Å². The summed E-state index contributed by atoms with van der Waals surface area (Å²) in [7, 11) is 0. The van der Waals surface area contributed by atoms with Gasteiger partial charge in [0.2, 0.25) is 0 Å². The van der Waals surface area contributed by atoms with Crippen LogP contribution in [0.25, 0.3) is 0 Å². The summed E-state index contributed by atoms with van der Waals surface area (Å²) in [5, 5.41) is 12.8. The molecule has 1 aromatic rings. The summed E-state index contributed by atoms with van der Waals surface area (Å²) >= 11 is 5.70. The van der Waals surface area contributed by atoms with Crippen molar-refractivity contribution in [1.29, 1.82) is 0 Å². The molecule has 1 atom stereocenters. The molecule has 90 valence electrons. The van der Waals surface area contributed by atoms with E-state index in [9.17, 15) is 9.50 Å². The number of hydrogen-bond donors (Lipinski definition) is 2. The standard InChI is InChI=1S/C12H17ClFNO/c1-8(15-7-12(2,3)16)9-4-5-11(14)10(13)6-9/h4-6,8,15-16H,7H2,1-3H3. The van der Waals surface area contributed by atoms with E-state index in [4.69, 9.17) is 11.6 Å². The molecule has 0 aliphatic heterocycles. The van der Waals surface area contributed by atoms with E-state index in [0.717, 1.165) is 5.56 Å². The van der Waals surface area contributed by atoms with E-state index in [2.05, 4.69) is 5.32 Å². The summed E-state index contributed by atoms with van der Waals surface area (Å²) in [6.07, 6.45) is 0. The summed E-state index contributed by atoms with van der Waals surface area (Å²) < 4.78 is 12.9. The van der Waals surface area contributed by atoms with Crippen molar-refractivity contribution in [2.45, 2.75) is 32.4 Å². The maximum Gasteiger partial charge on any atom is 0.141 e. The average molecular weight is 246 g/mol. The number of rotatable bonds is 4. The van der Waals surface area contributed by atoms with Gasteiger partial charge in [0.25, 0.3) is 0 Å². The summed E-state index contributed by atoms with van der Waals surface area (Å²) in [6, 6.07) is 4.65. The summed E-state index contributed by atoms with van der Waals surface area (Å²) in [6.45, 7) is 5.85. The van der Waals surface area contributed by atoms with Gasteiger partial charge >= 0.3 is 0 Å². The topological polar surface area (TPSA) is 32.3 Å². The summed E-state index contributed by atoms with van der Waals surface area (Å²) in [4.78, 5) is 0. The van der Waals surface area contributed by atoms with Crippen molar-refractivity contribution in [3.8, 4) is 0 Å². The minimum atomic E-state index is -0.766. The van der Waals surface area contributed by atoms with Crippen LogP contribution in [0.4, 0.5) is 4.39 Å². The van der Waals surface area contributed by atoms with E-state index in [1.807, 2.05) is 6.92 Å². The molecule has 2 nitrogen and oxygen atoms in total. The number of aliphatic hydroxyl groups is 1. The molecule has 0 aliphatic rings. The lowest BCUT2D eigenvalue weighted by Crippen LogP contribution is -2.36. The second kappa shape index (κ2) is 5.13. The van der Waals surface area contributed by atoms with Crippen LogP contribution in [0.3, 0.4) is 0 Å². The minimum Gasteiger partial charge on any atom is -0.389 e. The zero-order valence-electron chi connectivity index (χ0n) is 9.72. The van der Waals surface area contributed by atoms with Crippen molar-refractivity contribution >= 4 is 11.6 Å². The first-order chi connectivity index (χ1) is 7.29. The molecular weight excluding hydrogens is 229 g/mol. The van der Waals surface area contributed by atoms with E-state index in [0.29, 0.717) is 6.54 Å². The van der Waals surface area contributed by atoms with Crippen LogP contribution in [0.1, 0.15) is 32.4 Å². The molecule has 16 heavy (non-hydrogen) atoms. The van der Waals surface area contributed by atoms with Gasteiger partial charge in [-0.3, -0.25) is 0 Å². The maximum absolute atomic E-state index is 12.9. The summed E-state index contributed by atoms with van der Waals surface area (Å²) in [5.41, 5.74) is 0.133. The van der Waals surface area contributed by atoms with E-state index in [1.165, 1.54) is 6.07 Å². The fraction of sp³-hybridized carbons (Fsp3) is 0.500. The van der Waals surface area contributed by atoms with Gasteiger partial charge < -0.3 is 10.4 Å². The van der Waals surface area contributed by atoms with Crippen LogP contribution in [0, 0.1) is 5.82 Å². The van der Waals surface area contributed by atoms with Gasteiger partial charge in [0, 0.05) is 12.6 Å². The van der Waals surface area contributed by atoms with Crippen LogP contribution >= 0.6 is 11.6 Å². The SMILES string of the molecule is CC(NCC(C)(C)O)c1ccc(F)c(Cl)c1. The third kappa shape index (κ3) is 4.08. The Labute approximate surface area is 100 Å². The smallest absolute Gasteiger partial charge is 0.141 e. The molecule has 0 saturated carbocycles. The Bertz CT molecular complexity index is 363. The number of benzene rings is 1. The van der Waals surface area contributed by atoms with Crippen molar-refractivity contribution in [1.82, 2.24) is 5.32 Å². The molecule has 0 bridgehead atoms. The van der Waals surface area contributed by atoms with Crippen molar-refractivity contribution in [2.75, 3.05) is 6.54 Å². The van der Waals surface area contributed by atoms with Crippen LogP contribution in [0.5, 0.6) is 0 Å². The third-order valence-corrected chi connectivity index (χ3v) is 2.57. The largest absolute Gasteiger partial charge is 0.389 e. The molecule has 2 N–H and O–H groups in total. The lowest BCUT2D eigenvalue weighted by molar-refractivity contribution is 0.0770. The Morgan fingerprint density at radius 3 is 2.62 bits per heavy atom. The van der Waals surface area contributed by atoms with Crippen molar-refractivity contribution < 1.29 is 9.50 Å². The normalized spacial score (nSPS) is 13.9. The van der Waals surface area contributed by atoms with Crippen LogP contribution in [0.2, 0.25) is 5.02 Å². The summed E-state index contributed by atoms with van der Waals surface area (Å²) in [5.74, 6) is -0.417. The molecule has 0 radical (unpaired) electrons. The van der Waals surface area contributed by atoms with Crippen molar-refractivity contribution in [3.63, 3.8) is 0 Å². The zero-order valence-corrected chi connectivity index (χ0v) is 10.5. The van der Waals surface area contributed by atoms with E-state index < -0.39 is 11.4 Å². The van der Waals surface area contributed by atoms with Gasteiger partial charge in [-0.1, -0.05) is 17.7 Å². The van der Waals surface area contributed by atoms with Gasteiger partial charge in [-0.25, -0.2) is 4.39 Å². The Morgan fingerprint density at radius 1 is 1.50 bits per heavy atom. The lowest BCUT2D eigenvalue weighted by Gasteiger charge is -2.22. The van der Waals surface area contributed by atoms with Crippen LogP contribution in [0.15, 0.2) is 18.2 Å². The molecular formula is C12H17ClFNO. The predicted octanol–water partition coefficient (Wildman–Crippen LogP) is 2.90. The van der Waals surface area contributed by atoms with Gasteiger partial charge in [0.05, 0.1) is 10.6 Å². The van der Waals surface area contributed by atoms with Gasteiger partial charge in [0.15, 0.2) is 0 Å². The van der Waals surface area contributed by atoms with Gasteiger partial charge in [-0.05, 0) is 38.5 Å². The van der Waals surface area contributed by atoms with E-state index in [-0.39, 0.29) is 11.1 Å². The number of halogens is 2. The minimum absolute atomic E-state index is 0.0181. The highest BCUT2D eigenvalue weighted by atomic mass is 35.5. The Kier molecular flexibility index (Phi) is 4.30. The van der Waals surface area contributed by atoms with Gasteiger partial charge in [-0.2, -0.15) is 0 Å². The lowest BCUT2D eigenvalue weighted by atomic mass is 10.1. The molecule has 0 saturated heterocycles. The second-order valence-electron chi connectivity index (χ2n) is 4.59. The monoisotopic (exact) mass is 245 g/mol. The molecule has 0 amide bonds. The molecule has 0 fully saturated rings. The van der Waals surface area contributed by atoms with Crippen LogP contribution in [-0.2, 0) is 0 Å². The fourth-order valence-corrected chi connectivity index (χ4v) is 1.49. The molecule has 1 unspecified atom stereocenters. The molecule has 1 aromatic carbocycles. The predicted molar refractivity (Wildman–Crippen MR) is 64.1 cm³/mol. The van der Waals surface area contributed by atoms with Crippen molar-refractivity contribution in [3.05, 3.63) is 34.6 Å². The molecule has 0 aliphatic carbocycles. The first-order valence-electron chi connectivity index (χ1n) is 5.20. The van der Waals surface area contributed by atoms with E-state index >= 15 is 0 Å². The molecule has 0 heterocycles. The zero-order chi connectivity index (χ0) is 12.3. The van der Waals surface area contributed by atoms with Crippen LogP contribution < -0.4 is 5.32 Å². The Balaban J connectivity index is 2.66. The molecule has 0 aromatic heterocycles. The van der Waals surface area contributed by atoms with Crippen LogP contribution in [-0.4, -0.2) is 17.3 Å². The quantitative estimate of drug-likeness (QED) is 0.855. The Hall–Kier alpha value is -0.640. The number of nitrogens with one attached hydrogen (secondary N) is 1. The van der Waals surface area contributed by atoms with Gasteiger partial charge in [-0.15, -0.1) is 0 Å². The second-order valence-corrected chi connectivity index (χ2v) is 5.00. The molecule has 1 rings (SSSR count). The highest BCUT2D eigenvalue weighted by molar-refractivity contribution is 6.30. The highest BCUT2D eigenvalue weighted by Gasteiger charge is 2.15. The first kappa shape index (κ1) is 13.4. The Morgan fingerprint density at radius 2 is 2.12 bits per heavy atom. The fourth-order valence-electron chi connectivity index (χ4n) is 1.30. The number of hydrogen-bond acceptors (Lipinski definition) is 2. The van der Waals surface area contributed by atoms with Crippen molar-refractivity contribution in [2.24, 2.45) is 0 Å². The van der Waals surface area contributed by atoms with E-state index in [1.54, 1.807) is 26.0 Å². The molecule has 0 spiro atoms. The first-order valence-corrected chi connectivity index (χ1v) is 5.58. The maximum atomic E-state index is 12.9. The average Bonchev–Trinajstić information content (AvgIpc) is 2.17. The molecule has 4 heteroatoms. The third-order valence-electron chi connectivity index (χ3n) is 2.28. The highest BCUT2D eigenvalue weighted by Crippen LogP contribution is 2.20.